The third-order valence-electron chi connectivity index (χ3n) is 4.98. The number of carbonyl (C=O) groups excluding carboxylic acids is 3. The predicted octanol–water partition coefficient (Wildman–Crippen LogP) is 3.82. The number of nitrogens with zero attached hydrogens (tertiary/aromatic N) is 2. The molecule has 0 spiro atoms. The quantitative estimate of drug-likeness (QED) is 0.539. The van der Waals surface area contributed by atoms with Gasteiger partial charge in [0.1, 0.15) is 11.7 Å². The molecule has 8 nitrogen and oxygen atoms in total. The molecule has 0 radical (unpaired) electrons. The number of rotatable bonds is 8. The molecule has 0 fully saturated rings. The Morgan fingerprint density at radius 3 is 2.41 bits per heavy atom. The van der Waals surface area contributed by atoms with Crippen LogP contribution in [0, 0.1) is 23.0 Å². The number of esters is 1. The number of benzene rings is 1. The molecule has 2 unspecified atom stereocenters. The van der Waals surface area contributed by atoms with Gasteiger partial charge >= 0.3 is 5.97 Å². The molecule has 2 aromatic rings. The number of halogens is 2. The van der Waals surface area contributed by atoms with Gasteiger partial charge in [-0.05, 0) is 23.5 Å². The minimum atomic E-state index is -1.09. The number of ether oxygens (including phenoxy) is 1. The van der Waals surface area contributed by atoms with E-state index in [1.165, 1.54) is 4.57 Å². The van der Waals surface area contributed by atoms with Crippen LogP contribution in [0.1, 0.15) is 57.8 Å². The van der Waals surface area contributed by atoms with E-state index >= 15 is 0 Å². The Kier molecular flexibility index (Phi) is 9.22. The normalized spacial score (nSPS) is 13.9. The van der Waals surface area contributed by atoms with Gasteiger partial charge in [0.25, 0.3) is 5.91 Å². The molecule has 1 aromatic heterocycles. The van der Waals surface area contributed by atoms with Crippen LogP contribution in [0.5, 0.6) is 0 Å². The van der Waals surface area contributed by atoms with Crippen LogP contribution in [-0.2, 0) is 21.1 Å². The van der Waals surface area contributed by atoms with Gasteiger partial charge in [0, 0.05) is 23.6 Å². The molecule has 0 saturated carbocycles. The van der Waals surface area contributed by atoms with Crippen LogP contribution < -0.4 is 15.9 Å². The SMILES string of the molecule is CCC(C)C(N)C(=O)OCn1ccs/c1=N\C(=O)c1cc(F)c(NC(=O)CC(C)(C)C)c(F)c1. The number of thiazole rings is 1. The first-order chi connectivity index (χ1) is 15.8. The summed E-state index contributed by atoms with van der Waals surface area (Å²) in [7, 11) is 0. The summed E-state index contributed by atoms with van der Waals surface area (Å²) in [6.07, 6.45) is 2.32. The second-order valence-corrected chi connectivity index (χ2v) is 10.0. The Balaban J connectivity index is 2.17. The molecule has 11 heteroatoms. The first-order valence-electron chi connectivity index (χ1n) is 10.8. The first-order valence-corrected chi connectivity index (χ1v) is 11.6. The lowest BCUT2D eigenvalue weighted by Crippen LogP contribution is -2.38. The molecule has 2 amide bonds. The van der Waals surface area contributed by atoms with Gasteiger partial charge in [-0.2, -0.15) is 4.99 Å². The highest BCUT2D eigenvalue weighted by Gasteiger charge is 2.22. The van der Waals surface area contributed by atoms with Crippen molar-refractivity contribution in [1.82, 2.24) is 4.57 Å². The van der Waals surface area contributed by atoms with Gasteiger partial charge in [0.05, 0.1) is 0 Å². The number of hydrogen-bond donors (Lipinski definition) is 2. The minimum Gasteiger partial charge on any atom is -0.443 e. The van der Waals surface area contributed by atoms with Crippen molar-refractivity contribution in [3.8, 4) is 0 Å². The van der Waals surface area contributed by atoms with Gasteiger partial charge in [-0.1, -0.05) is 41.0 Å². The van der Waals surface area contributed by atoms with Crippen molar-refractivity contribution >= 4 is 34.8 Å². The topological polar surface area (TPSA) is 116 Å². The van der Waals surface area contributed by atoms with Crippen LogP contribution in [0.15, 0.2) is 28.7 Å². The maximum atomic E-state index is 14.5. The molecule has 2 atom stereocenters. The first kappa shape index (κ1) is 27.3. The van der Waals surface area contributed by atoms with E-state index in [1.54, 1.807) is 11.6 Å². The Morgan fingerprint density at radius 2 is 1.85 bits per heavy atom. The lowest BCUT2D eigenvalue weighted by Gasteiger charge is -2.17. The second kappa shape index (κ2) is 11.5. The average Bonchev–Trinajstić information content (AvgIpc) is 3.18. The largest absolute Gasteiger partial charge is 0.443 e. The lowest BCUT2D eigenvalue weighted by molar-refractivity contribution is -0.150. The summed E-state index contributed by atoms with van der Waals surface area (Å²) in [4.78, 5) is 40.7. The van der Waals surface area contributed by atoms with Crippen LogP contribution in [0.4, 0.5) is 14.5 Å². The van der Waals surface area contributed by atoms with Gasteiger partial charge < -0.3 is 15.8 Å². The molecule has 2 rings (SSSR count). The Bertz CT molecular complexity index is 1100. The zero-order chi connectivity index (χ0) is 25.6. The zero-order valence-corrected chi connectivity index (χ0v) is 20.7. The second-order valence-electron chi connectivity index (χ2n) is 9.18. The van der Waals surface area contributed by atoms with Crippen LogP contribution in [0.3, 0.4) is 0 Å². The number of anilines is 1. The van der Waals surface area contributed by atoms with Crippen molar-refractivity contribution in [2.24, 2.45) is 22.1 Å². The van der Waals surface area contributed by atoms with Crippen molar-refractivity contribution in [3.63, 3.8) is 0 Å². The van der Waals surface area contributed by atoms with Gasteiger partial charge in [-0.25, -0.2) is 8.78 Å². The highest BCUT2D eigenvalue weighted by Crippen LogP contribution is 2.24. The van der Waals surface area contributed by atoms with Gasteiger partial charge in [0.2, 0.25) is 5.91 Å². The van der Waals surface area contributed by atoms with Crippen LogP contribution in [0.2, 0.25) is 0 Å². The standard InChI is InChI=1S/C23H30F2N4O4S/c1-6-13(2)18(26)21(32)33-12-29-7-8-34-22(29)28-20(31)14-9-15(24)19(16(25)10-14)27-17(30)11-23(3,4)5/h7-10,13,18H,6,11-12,26H2,1-5H3,(H,27,30)/b28-22-. The molecular weight excluding hydrogens is 466 g/mol. The summed E-state index contributed by atoms with van der Waals surface area (Å²) < 4.78 is 35.6. The lowest BCUT2D eigenvalue weighted by atomic mass is 9.92. The number of amides is 2. The molecule has 3 N–H and O–H groups in total. The zero-order valence-electron chi connectivity index (χ0n) is 19.9. The van der Waals surface area contributed by atoms with E-state index in [-0.39, 0.29) is 34.8 Å². The third-order valence-corrected chi connectivity index (χ3v) is 5.77. The predicted molar refractivity (Wildman–Crippen MR) is 125 cm³/mol. The van der Waals surface area contributed by atoms with Crippen molar-refractivity contribution in [2.75, 3.05) is 5.32 Å². The fourth-order valence-corrected chi connectivity index (χ4v) is 3.55. The van der Waals surface area contributed by atoms with Crippen LogP contribution >= 0.6 is 11.3 Å². The Hall–Kier alpha value is -2.92. The molecular formula is C23H30F2N4O4S. The van der Waals surface area contributed by atoms with Crippen molar-refractivity contribution in [1.29, 1.82) is 0 Å². The summed E-state index contributed by atoms with van der Waals surface area (Å²) in [5.41, 5.74) is 4.53. The van der Waals surface area contributed by atoms with E-state index in [4.69, 9.17) is 10.5 Å². The summed E-state index contributed by atoms with van der Waals surface area (Å²) in [5, 5.41) is 3.83. The monoisotopic (exact) mass is 496 g/mol. The molecule has 0 aliphatic heterocycles. The fourth-order valence-electron chi connectivity index (χ4n) is 2.83. The van der Waals surface area contributed by atoms with Gasteiger partial charge in [-0.3, -0.25) is 19.0 Å². The van der Waals surface area contributed by atoms with E-state index in [9.17, 15) is 23.2 Å². The van der Waals surface area contributed by atoms with E-state index in [2.05, 4.69) is 10.3 Å². The summed E-state index contributed by atoms with van der Waals surface area (Å²) in [6, 6.07) is 0.842. The molecule has 1 heterocycles. The maximum Gasteiger partial charge on any atom is 0.324 e. The number of carbonyl (C=O) groups is 3. The number of nitrogens with two attached hydrogens (primary N) is 1. The highest BCUT2D eigenvalue weighted by molar-refractivity contribution is 7.07. The minimum absolute atomic E-state index is 0.0586. The van der Waals surface area contributed by atoms with E-state index in [1.807, 2.05) is 34.6 Å². The average molecular weight is 497 g/mol. The smallest absolute Gasteiger partial charge is 0.324 e. The maximum absolute atomic E-state index is 14.5. The number of hydrogen-bond acceptors (Lipinski definition) is 6. The molecule has 34 heavy (non-hydrogen) atoms. The molecule has 0 aliphatic carbocycles. The van der Waals surface area contributed by atoms with Crippen molar-refractivity contribution in [3.05, 3.63) is 45.7 Å². The molecule has 186 valence electrons. The van der Waals surface area contributed by atoms with Gasteiger partial charge in [-0.15, -0.1) is 11.3 Å². The number of nitrogens with one attached hydrogen (secondary N) is 1. The summed E-state index contributed by atoms with van der Waals surface area (Å²) >= 11 is 1.08. The fraction of sp³-hybridized carbons (Fsp3) is 0.478. The highest BCUT2D eigenvalue weighted by atomic mass is 32.1. The van der Waals surface area contributed by atoms with Crippen LogP contribution in [-0.4, -0.2) is 28.4 Å². The Labute approximate surface area is 200 Å². The number of aromatic nitrogens is 1. The third kappa shape index (κ3) is 7.56. The molecule has 0 aliphatic rings. The van der Waals surface area contributed by atoms with Crippen molar-refractivity contribution in [2.45, 2.75) is 60.2 Å². The molecule has 0 bridgehead atoms. The van der Waals surface area contributed by atoms with Crippen molar-refractivity contribution < 1.29 is 27.9 Å². The summed E-state index contributed by atoms with van der Waals surface area (Å²) in [5.74, 6) is -4.27. The van der Waals surface area contributed by atoms with Crippen LogP contribution in [0.25, 0.3) is 0 Å². The van der Waals surface area contributed by atoms with E-state index < -0.39 is 41.1 Å². The van der Waals surface area contributed by atoms with E-state index in [0.29, 0.717) is 6.42 Å². The molecule has 0 saturated heterocycles. The summed E-state index contributed by atoms with van der Waals surface area (Å²) in [6.45, 7) is 8.98. The van der Waals surface area contributed by atoms with Gasteiger partial charge in [0.15, 0.2) is 23.2 Å². The molecule has 1 aromatic carbocycles. The van der Waals surface area contributed by atoms with E-state index in [0.717, 1.165) is 23.5 Å². The Morgan fingerprint density at radius 1 is 1.24 bits per heavy atom.